The Morgan fingerprint density at radius 2 is 1.85 bits per heavy atom. The van der Waals surface area contributed by atoms with Crippen molar-refractivity contribution in [2.45, 2.75) is 55.6 Å². The maximum Gasteiger partial charge on any atom is 0.311 e. The van der Waals surface area contributed by atoms with Crippen molar-refractivity contribution < 1.29 is 24.2 Å². The Morgan fingerprint density at radius 3 is 2.56 bits per heavy atom. The number of allylic oxidation sites excluding steroid dienone is 1. The van der Waals surface area contributed by atoms with Crippen LogP contribution in [0.5, 0.6) is 0 Å². The first kappa shape index (κ1) is 27.8. The molecule has 39 heavy (non-hydrogen) atoms. The minimum Gasteiger partial charge on any atom is -0.465 e. The second-order valence-electron chi connectivity index (χ2n) is 10.6. The van der Waals surface area contributed by atoms with Gasteiger partial charge in [-0.15, -0.1) is 11.8 Å². The third-order valence-corrected chi connectivity index (χ3v) is 10.2. The van der Waals surface area contributed by atoms with Gasteiger partial charge in [0.2, 0.25) is 5.91 Å². The van der Waals surface area contributed by atoms with E-state index in [1.165, 1.54) is 0 Å². The highest BCUT2D eigenvalue weighted by molar-refractivity contribution is 8.02. The van der Waals surface area contributed by atoms with E-state index in [4.69, 9.17) is 4.74 Å². The van der Waals surface area contributed by atoms with Crippen LogP contribution >= 0.6 is 11.8 Å². The van der Waals surface area contributed by atoms with Crippen molar-refractivity contribution in [2.75, 3.05) is 49.2 Å². The molecule has 210 valence electrons. The molecule has 0 bridgehead atoms. The summed E-state index contributed by atoms with van der Waals surface area (Å²) in [6.45, 7) is 6.92. The molecule has 2 saturated heterocycles. The standard InChI is InChI=1S/C30H39N3O5S/c1-3-31(4-2)21-12-14-22(15-13-21)32-17-9-16-30-25(27(35)33(18-10-19-34)26(30)28(32)36)24-23(39-30)11-7-5-6-8-20-38-29(24)37/h7,9,11-16,23-26,34H,3-6,8,10,17-20H2,1-2H3/b11-7-/t23-,24+,25-,26?,30-/m0/s1. The molecule has 4 aliphatic rings. The highest BCUT2D eigenvalue weighted by atomic mass is 32.2. The number of amides is 2. The number of nitrogens with zero attached hydrogens (tertiary/aromatic N) is 3. The van der Waals surface area contributed by atoms with Crippen molar-refractivity contribution in [3.8, 4) is 0 Å². The third kappa shape index (κ3) is 4.88. The minimum absolute atomic E-state index is 0.0846. The van der Waals surface area contributed by atoms with Gasteiger partial charge in [-0.05, 0) is 63.8 Å². The van der Waals surface area contributed by atoms with Gasteiger partial charge < -0.3 is 24.5 Å². The molecule has 5 atom stereocenters. The smallest absolute Gasteiger partial charge is 0.311 e. The second-order valence-corrected chi connectivity index (χ2v) is 12.1. The predicted molar refractivity (Wildman–Crippen MR) is 154 cm³/mol. The zero-order valence-corrected chi connectivity index (χ0v) is 23.6. The number of aliphatic hydroxyl groups is 1. The molecule has 2 amide bonds. The zero-order valence-electron chi connectivity index (χ0n) is 22.8. The third-order valence-electron chi connectivity index (χ3n) is 8.45. The minimum atomic E-state index is -0.883. The van der Waals surface area contributed by atoms with Crippen LogP contribution in [-0.2, 0) is 19.1 Å². The van der Waals surface area contributed by atoms with E-state index in [1.54, 1.807) is 21.6 Å². The Balaban J connectivity index is 1.54. The van der Waals surface area contributed by atoms with Gasteiger partial charge in [-0.1, -0.05) is 24.3 Å². The summed E-state index contributed by atoms with van der Waals surface area (Å²) in [5.74, 6) is -2.06. The first-order valence-corrected chi connectivity index (χ1v) is 15.1. The van der Waals surface area contributed by atoms with Gasteiger partial charge in [-0.25, -0.2) is 0 Å². The highest BCUT2D eigenvalue weighted by Crippen LogP contribution is 2.60. The van der Waals surface area contributed by atoms with Gasteiger partial charge in [0, 0.05) is 49.4 Å². The van der Waals surface area contributed by atoms with Crippen LogP contribution in [0.1, 0.15) is 39.5 Å². The Bertz CT molecular complexity index is 1130. The van der Waals surface area contributed by atoms with Crippen molar-refractivity contribution in [3.63, 3.8) is 0 Å². The Morgan fingerprint density at radius 1 is 1.08 bits per heavy atom. The summed E-state index contributed by atoms with van der Waals surface area (Å²) in [6, 6.07) is 7.22. The molecule has 0 radical (unpaired) electrons. The van der Waals surface area contributed by atoms with Crippen LogP contribution < -0.4 is 9.80 Å². The van der Waals surface area contributed by atoms with Gasteiger partial charge in [-0.3, -0.25) is 14.4 Å². The summed E-state index contributed by atoms with van der Waals surface area (Å²) in [6.07, 6.45) is 11.1. The summed E-state index contributed by atoms with van der Waals surface area (Å²) in [4.78, 5) is 47.5. The zero-order chi connectivity index (χ0) is 27.6. The molecule has 1 N–H and O–H groups in total. The maximum atomic E-state index is 14.4. The molecule has 0 aromatic heterocycles. The number of carbonyl (C=O) groups excluding carboxylic acids is 3. The summed E-state index contributed by atoms with van der Waals surface area (Å²) in [7, 11) is 0. The molecule has 9 heteroatoms. The lowest BCUT2D eigenvalue weighted by Crippen LogP contribution is -2.53. The molecule has 8 nitrogen and oxygen atoms in total. The average Bonchev–Trinajstić information content (AvgIpc) is 3.33. The predicted octanol–water partition coefficient (Wildman–Crippen LogP) is 3.40. The molecule has 4 heterocycles. The van der Waals surface area contributed by atoms with Crippen LogP contribution in [0.3, 0.4) is 0 Å². The van der Waals surface area contributed by atoms with Crippen molar-refractivity contribution in [1.82, 2.24) is 4.90 Å². The van der Waals surface area contributed by atoms with Crippen LogP contribution in [0.25, 0.3) is 0 Å². The van der Waals surface area contributed by atoms with E-state index in [-0.39, 0.29) is 36.2 Å². The number of cyclic esters (lactones) is 1. The van der Waals surface area contributed by atoms with E-state index in [9.17, 15) is 19.5 Å². The van der Waals surface area contributed by atoms with Gasteiger partial charge in [0.25, 0.3) is 5.91 Å². The number of rotatable bonds is 7. The van der Waals surface area contributed by atoms with E-state index in [0.717, 1.165) is 43.7 Å². The fourth-order valence-electron chi connectivity index (χ4n) is 6.56. The van der Waals surface area contributed by atoms with Crippen LogP contribution in [0.2, 0.25) is 0 Å². The molecule has 0 saturated carbocycles. The normalized spacial score (nSPS) is 31.3. The fourth-order valence-corrected chi connectivity index (χ4v) is 8.56. The number of ether oxygens (including phenoxy) is 1. The number of anilines is 2. The molecule has 1 unspecified atom stereocenters. The summed E-state index contributed by atoms with van der Waals surface area (Å²) in [5, 5.41) is 9.34. The van der Waals surface area contributed by atoms with Gasteiger partial charge >= 0.3 is 5.97 Å². The van der Waals surface area contributed by atoms with Crippen LogP contribution in [-0.4, -0.2) is 83.2 Å². The Hall–Kier alpha value is -2.78. The van der Waals surface area contributed by atoms with E-state index in [0.29, 0.717) is 19.6 Å². The number of carbonyl (C=O) groups is 3. The summed E-state index contributed by atoms with van der Waals surface area (Å²) in [5.41, 5.74) is 1.87. The van der Waals surface area contributed by atoms with E-state index < -0.39 is 22.6 Å². The number of aliphatic hydroxyl groups excluding tert-OH is 1. The summed E-state index contributed by atoms with van der Waals surface area (Å²) < 4.78 is 4.78. The first-order valence-electron chi connectivity index (χ1n) is 14.2. The average molecular weight is 554 g/mol. The largest absolute Gasteiger partial charge is 0.465 e. The van der Waals surface area contributed by atoms with Crippen molar-refractivity contribution >= 4 is 40.9 Å². The molecule has 0 aliphatic carbocycles. The lowest BCUT2D eigenvalue weighted by atomic mass is 9.78. The monoisotopic (exact) mass is 553 g/mol. The van der Waals surface area contributed by atoms with Gasteiger partial charge in [-0.2, -0.15) is 0 Å². The van der Waals surface area contributed by atoms with Crippen molar-refractivity contribution in [3.05, 3.63) is 48.6 Å². The Labute approximate surface area is 235 Å². The fraction of sp³-hybridized carbons (Fsp3) is 0.567. The molecule has 2 fully saturated rings. The molecule has 5 rings (SSSR count). The quantitative estimate of drug-likeness (QED) is 0.409. The number of esters is 1. The van der Waals surface area contributed by atoms with Crippen LogP contribution in [0.15, 0.2) is 48.6 Å². The topological polar surface area (TPSA) is 90.4 Å². The molecular formula is C30H39N3O5S. The lowest BCUT2D eigenvalue weighted by Gasteiger charge is -2.35. The van der Waals surface area contributed by atoms with Crippen LogP contribution in [0.4, 0.5) is 11.4 Å². The van der Waals surface area contributed by atoms with E-state index in [1.807, 2.05) is 42.5 Å². The SMILES string of the molecule is CCN(CC)c1ccc(N2CC=C[C@]34S[C@H]5/C=C\CCCCOC(=O)[C@H]5[C@H]3C(=O)N(CCCO)C4C2=O)cc1. The summed E-state index contributed by atoms with van der Waals surface area (Å²) >= 11 is 1.55. The number of benzene rings is 1. The molecule has 4 aliphatic heterocycles. The number of hydrogen-bond donors (Lipinski definition) is 1. The second kappa shape index (κ2) is 11.8. The van der Waals surface area contributed by atoms with E-state index >= 15 is 0 Å². The number of hydrogen-bond acceptors (Lipinski definition) is 7. The van der Waals surface area contributed by atoms with Gasteiger partial charge in [0.05, 0.1) is 23.2 Å². The molecule has 1 aromatic rings. The first-order chi connectivity index (χ1) is 19.0. The van der Waals surface area contributed by atoms with Gasteiger partial charge in [0.15, 0.2) is 0 Å². The molecule has 1 spiro atoms. The van der Waals surface area contributed by atoms with Crippen molar-refractivity contribution in [1.29, 1.82) is 0 Å². The van der Waals surface area contributed by atoms with Crippen molar-refractivity contribution in [2.24, 2.45) is 11.8 Å². The Kier molecular flexibility index (Phi) is 8.38. The van der Waals surface area contributed by atoms with E-state index in [2.05, 4.69) is 24.8 Å². The number of thioether (sulfide) groups is 1. The molecular weight excluding hydrogens is 514 g/mol. The highest BCUT2D eigenvalue weighted by Gasteiger charge is 2.70. The van der Waals surface area contributed by atoms with Crippen LogP contribution in [0, 0.1) is 11.8 Å². The van der Waals surface area contributed by atoms with Gasteiger partial charge in [0.1, 0.15) is 6.04 Å². The molecule has 1 aromatic carbocycles. The number of likely N-dealkylation sites (tertiary alicyclic amines) is 1. The maximum absolute atomic E-state index is 14.4. The number of fused-ring (bicyclic) bond motifs is 2. The lowest BCUT2D eigenvalue weighted by molar-refractivity contribution is -0.153.